The second-order valence-electron chi connectivity index (χ2n) is 7.05. The molecule has 0 aliphatic carbocycles. The van der Waals surface area contributed by atoms with Gasteiger partial charge < -0.3 is 15.0 Å². The van der Waals surface area contributed by atoms with E-state index in [0.29, 0.717) is 24.6 Å². The van der Waals surface area contributed by atoms with Gasteiger partial charge in [-0.05, 0) is 49.9 Å². The quantitative estimate of drug-likeness (QED) is 0.859. The van der Waals surface area contributed by atoms with Crippen LogP contribution in [0.1, 0.15) is 42.7 Å². The lowest BCUT2D eigenvalue weighted by atomic mass is 9.89. The molecule has 26 heavy (non-hydrogen) atoms. The van der Waals surface area contributed by atoms with Crippen LogP contribution in [-0.4, -0.2) is 50.0 Å². The average Bonchev–Trinajstić information content (AvgIpc) is 2.62. The maximum absolute atomic E-state index is 13.5. The smallest absolute Gasteiger partial charge is 0.265 e. The third kappa shape index (κ3) is 5.07. The van der Waals surface area contributed by atoms with Gasteiger partial charge in [0.1, 0.15) is 5.75 Å². The molecule has 2 fully saturated rings. The molecule has 1 N–H and O–H groups in total. The fraction of sp³-hybridized carbons (Fsp3) is 0.632. The van der Waals surface area contributed by atoms with Gasteiger partial charge in [0.2, 0.25) is 5.91 Å². The summed E-state index contributed by atoms with van der Waals surface area (Å²) in [6, 6.07) is 5.96. The van der Waals surface area contributed by atoms with E-state index in [2.05, 4.69) is 5.32 Å². The molecule has 7 heteroatoms. The van der Waals surface area contributed by atoms with Crippen molar-refractivity contribution in [2.75, 3.05) is 33.3 Å². The molecule has 1 aromatic rings. The van der Waals surface area contributed by atoms with Gasteiger partial charge in [0, 0.05) is 18.5 Å². The summed E-state index contributed by atoms with van der Waals surface area (Å²) < 4.78 is 32.5. The van der Waals surface area contributed by atoms with Crippen LogP contribution in [0.5, 0.6) is 5.75 Å². The number of carbonyl (C=O) groups is 1. The summed E-state index contributed by atoms with van der Waals surface area (Å²) in [5.41, 5.74) is 1.98. The topological polar surface area (TPSA) is 41.6 Å². The second-order valence-corrected chi connectivity index (χ2v) is 7.05. The molecule has 0 radical (unpaired) electrons. The van der Waals surface area contributed by atoms with E-state index in [9.17, 15) is 13.6 Å². The van der Waals surface area contributed by atoms with Gasteiger partial charge in [-0.2, -0.15) is 0 Å². The van der Waals surface area contributed by atoms with Crippen LogP contribution in [0.3, 0.4) is 0 Å². The van der Waals surface area contributed by atoms with Gasteiger partial charge in [-0.15, -0.1) is 12.4 Å². The van der Waals surface area contributed by atoms with E-state index in [-0.39, 0.29) is 31.2 Å². The van der Waals surface area contributed by atoms with Crippen molar-refractivity contribution in [1.29, 1.82) is 0 Å². The zero-order valence-corrected chi connectivity index (χ0v) is 15.9. The number of nitrogens with zero attached hydrogens (tertiary/aromatic N) is 1. The Morgan fingerprint density at radius 3 is 2.73 bits per heavy atom. The van der Waals surface area contributed by atoms with Gasteiger partial charge in [0.25, 0.3) is 5.92 Å². The van der Waals surface area contributed by atoms with Gasteiger partial charge in [-0.25, -0.2) is 8.78 Å². The van der Waals surface area contributed by atoms with Gasteiger partial charge in [0.05, 0.1) is 20.1 Å². The molecule has 1 amide bonds. The van der Waals surface area contributed by atoms with Crippen LogP contribution in [0.4, 0.5) is 8.78 Å². The Bertz CT molecular complexity index is 622. The third-order valence-electron chi connectivity index (χ3n) is 5.21. The molecule has 0 spiro atoms. The highest BCUT2D eigenvalue weighted by Gasteiger charge is 2.37. The fourth-order valence-corrected chi connectivity index (χ4v) is 3.77. The van der Waals surface area contributed by atoms with Gasteiger partial charge >= 0.3 is 0 Å². The molecule has 146 valence electrons. The predicted octanol–water partition coefficient (Wildman–Crippen LogP) is 3.38. The largest absolute Gasteiger partial charge is 0.496 e. The molecular weight excluding hydrogens is 362 g/mol. The predicted molar refractivity (Wildman–Crippen MR) is 99.6 cm³/mol. The molecule has 2 aliphatic rings. The maximum Gasteiger partial charge on any atom is 0.265 e. The summed E-state index contributed by atoms with van der Waals surface area (Å²) in [6.45, 7) is 1.96. The van der Waals surface area contributed by atoms with Crippen molar-refractivity contribution in [3.63, 3.8) is 0 Å². The summed E-state index contributed by atoms with van der Waals surface area (Å²) in [6.07, 6.45) is 2.50. The Hall–Kier alpha value is -1.40. The van der Waals surface area contributed by atoms with Gasteiger partial charge in [-0.1, -0.05) is 12.1 Å². The van der Waals surface area contributed by atoms with E-state index in [1.807, 2.05) is 18.2 Å². The van der Waals surface area contributed by atoms with Crippen LogP contribution in [0.25, 0.3) is 0 Å². The highest BCUT2D eigenvalue weighted by atomic mass is 35.5. The molecule has 4 nitrogen and oxygen atoms in total. The van der Waals surface area contributed by atoms with Crippen LogP contribution in [0.2, 0.25) is 0 Å². The molecule has 2 saturated heterocycles. The highest BCUT2D eigenvalue weighted by molar-refractivity contribution is 5.85. The molecule has 0 atom stereocenters. The first-order chi connectivity index (χ1) is 12.0. The van der Waals surface area contributed by atoms with Crippen molar-refractivity contribution in [3.05, 3.63) is 29.3 Å². The Kier molecular flexibility index (Phi) is 7.24. The van der Waals surface area contributed by atoms with E-state index in [4.69, 9.17) is 4.74 Å². The second kappa shape index (κ2) is 9.00. The van der Waals surface area contributed by atoms with E-state index >= 15 is 0 Å². The monoisotopic (exact) mass is 388 g/mol. The zero-order chi connectivity index (χ0) is 17.9. The first-order valence-corrected chi connectivity index (χ1v) is 9.02. The molecule has 2 heterocycles. The van der Waals surface area contributed by atoms with Crippen molar-refractivity contribution in [3.8, 4) is 5.75 Å². The number of rotatable bonds is 4. The minimum Gasteiger partial charge on any atom is -0.496 e. The van der Waals surface area contributed by atoms with Crippen LogP contribution in [0.15, 0.2) is 18.2 Å². The van der Waals surface area contributed by atoms with E-state index in [1.54, 1.807) is 7.11 Å². The normalized spacial score (nSPS) is 20.3. The summed E-state index contributed by atoms with van der Waals surface area (Å²) in [4.78, 5) is 13.7. The van der Waals surface area contributed by atoms with E-state index in [1.165, 1.54) is 10.5 Å². The van der Waals surface area contributed by atoms with Crippen molar-refractivity contribution in [2.24, 2.45) is 0 Å². The SMILES string of the molecule is COc1cc(C2CCNCC2)ccc1CC(=O)N1CCCC(F)(F)C1.Cl. The Labute approximate surface area is 159 Å². The minimum absolute atomic E-state index is 0. The lowest BCUT2D eigenvalue weighted by molar-refractivity contribution is -0.140. The number of amides is 1. The molecule has 1 aromatic carbocycles. The number of halogens is 3. The molecule has 0 bridgehead atoms. The Morgan fingerprint density at radius 2 is 2.08 bits per heavy atom. The molecule has 0 aromatic heterocycles. The molecule has 0 saturated carbocycles. The first kappa shape index (κ1) is 20.9. The number of carbonyl (C=O) groups excluding carboxylic acids is 1. The standard InChI is InChI=1S/C19H26F2N2O2.ClH/c1-25-17-11-15(14-5-8-22-9-6-14)3-4-16(17)12-18(24)23-10-2-7-19(20,21)13-23;/h3-4,11,14,22H,2,5-10,12-13H2,1H3;1H. The number of piperidine rings is 2. The van der Waals surface area contributed by atoms with Crippen molar-refractivity contribution in [2.45, 2.75) is 43.9 Å². The van der Waals surface area contributed by atoms with E-state index < -0.39 is 12.5 Å². The van der Waals surface area contributed by atoms with Crippen LogP contribution in [-0.2, 0) is 11.2 Å². The number of methoxy groups -OCH3 is 1. The zero-order valence-electron chi connectivity index (χ0n) is 15.1. The number of alkyl halides is 2. The summed E-state index contributed by atoms with van der Waals surface area (Å²) >= 11 is 0. The highest BCUT2D eigenvalue weighted by Crippen LogP contribution is 2.31. The molecule has 3 rings (SSSR count). The Morgan fingerprint density at radius 1 is 1.35 bits per heavy atom. The number of hydrogen-bond donors (Lipinski definition) is 1. The van der Waals surface area contributed by atoms with Gasteiger partial charge in [-0.3, -0.25) is 4.79 Å². The first-order valence-electron chi connectivity index (χ1n) is 9.02. The van der Waals surface area contributed by atoms with Gasteiger partial charge in [0.15, 0.2) is 0 Å². The van der Waals surface area contributed by atoms with Crippen molar-refractivity contribution >= 4 is 18.3 Å². The number of nitrogens with one attached hydrogen (secondary N) is 1. The number of hydrogen-bond acceptors (Lipinski definition) is 3. The lowest BCUT2D eigenvalue weighted by Gasteiger charge is -2.32. The fourth-order valence-electron chi connectivity index (χ4n) is 3.77. The number of benzene rings is 1. The number of likely N-dealkylation sites (tertiary alicyclic amines) is 1. The van der Waals surface area contributed by atoms with Crippen LogP contribution < -0.4 is 10.1 Å². The minimum atomic E-state index is -2.77. The van der Waals surface area contributed by atoms with Crippen LogP contribution >= 0.6 is 12.4 Å². The van der Waals surface area contributed by atoms with Crippen molar-refractivity contribution < 1.29 is 18.3 Å². The molecule has 2 aliphatic heterocycles. The Balaban J connectivity index is 0.00000243. The lowest BCUT2D eigenvalue weighted by Crippen LogP contribution is -2.46. The van der Waals surface area contributed by atoms with E-state index in [0.717, 1.165) is 31.5 Å². The van der Waals surface area contributed by atoms with Crippen molar-refractivity contribution in [1.82, 2.24) is 10.2 Å². The summed E-state index contributed by atoms with van der Waals surface area (Å²) in [5, 5.41) is 3.35. The number of ether oxygens (including phenoxy) is 1. The average molecular weight is 389 g/mol. The maximum atomic E-state index is 13.5. The molecular formula is C19H27ClF2N2O2. The summed E-state index contributed by atoms with van der Waals surface area (Å²) in [7, 11) is 1.59. The van der Waals surface area contributed by atoms with Crippen LogP contribution in [0, 0.1) is 0 Å². The third-order valence-corrected chi connectivity index (χ3v) is 5.21. The summed E-state index contributed by atoms with van der Waals surface area (Å²) in [5.74, 6) is -1.85. The molecule has 0 unspecified atom stereocenters.